The fourth-order valence-electron chi connectivity index (χ4n) is 2.66. The van der Waals surface area contributed by atoms with Crippen LogP contribution in [0.5, 0.6) is 0 Å². The molecule has 0 aliphatic rings. The van der Waals surface area contributed by atoms with Gasteiger partial charge in [0.1, 0.15) is 5.82 Å². The number of hydrogen-bond donors (Lipinski definition) is 1. The van der Waals surface area contributed by atoms with E-state index >= 15 is 0 Å². The molecule has 0 aliphatic heterocycles. The van der Waals surface area contributed by atoms with Crippen molar-refractivity contribution < 1.29 is 4.39 Å². The molecule has 4 heteroatoms. The monoisotopic (exact) mass is 289 g/mol. The number of rotatable bonds is 6. The molecule has 0 amide bonds. The van der Waals surface area contributed by atoms with Crippen molar-refractivity contribution in [3.8, 4) is 5.69 Å². The highest BCUT2D eigenvalue weighted by Gasteiger charge is 2.18. The first kappa shape index (κ1) is 15.7. The molecule has 2 aromatic rings. The Bertz CT molecular complexity index is 604. The van der Waals surface area contributed by atoms with Crippen molar-refractivity contribution in [3.63, 3.8) is 0 Å². The van der Waals surface area contributed by atoms with Crippen molar-refractivity contribution in [1.29, 1.82) is 0 Å². The maximum absolute atomic E-state index is 14.4. The molecule has 1 unspecified atom stereocenters. The molecule has 0 bridgehead atoms. The van der Waals surface area contributed by atoms with Gasteiger partial charge >= 0.3 is 0 Å². The summed E-state index contributed by atoms with van der Waals surface area (Å²) in [5.41, 5.74) is 3.67. The lowest BCUT2D eigenvalue weighted by Crippen LogP contribution is -2.21. The minimum absolute atomic E-state index is 0.0508. The summed E-state index contributed by atoms with van der Waals surface area (Å²) in [6, 6.07) is 7.26. The SMILES string of the molecule is CCNC(C)c1c(F)cccc1-n1nc(CC)cc1CC. The van der Waals surface area contributed by atoms with E-state index in [9.17, 15) is 4.39 Å². The van der Waals surface area contributed by atoms with Crippen molar-refractivity contribution in [2.45, 2.75) is 46.6 Å². The van der Waals surface area contributed by atoms with Crippen LogP contribution < -0.4 is 5.32 Å². The molecule has 0 spiro atoms. The van der Waals surface area contributed by atoms with Crippen LogP contribution in [0.4, 0.5) is 4.39 Å². The second-order valence-corrected chi connectivity index (χ2v) is 5.20. The van der Waals surface area contributed by atoms with E-state index in [1.54, 1.807) is 6.07 Å². The van der Waals surface area contributed by atoms with Crippen LogP contribution >= 0.6 is 0 Å². The normalized spacial score (nSPS) is 12.6. The first-order valence-electron chi connectivity index (χ1n) is 7.72. The predicted molar refractivity (Wildman–Crippen MR) is 84.4 cm³/mol. The molecule has 0 aliphatic carbocycles. The first-order chi connectivity index (χ1) is 10.1. The van der Waals surface area contributed by atoms with E-state index in [1.165, 1.54) is 6.07 Å². The fourth-order valence-corrected chi connectivity index (χ4v) is 2.66. The number of aromatic nitrogens is 2. The van der Waals surface area contributed by atoms with Gasteiger partial charge < -0.3 is 5.32 Å². The standard InChI is InChI=1S/C17H24FN3/c1-5-13-11-14(6-2)21(20-13)16-10-8-9-15(18)17(16)12(4)19-7-3/h8-12,19H,5-7H2,1-4H3. The average molecular weight is 289 g/mol. The maximum Gasteiger partial charge on any atom is 0.130 e. The van der Waals surface area contributed by atoms with Crippen LogP contribution in [0.25, 0.3) is 5.69 Å². The Kier molecular flexibility index (Phi) is 5.12. The molecule has 1 aromatic heterocycles. The summed E-state index contributed by atoms with van der Waals surface area (Å²) < 4.78 is 16.2. The van der Waals surface area contributed by atoms with Crippen LogP contribution in [0.15, 0.2) is 24.3 Å². The van der Waals surface area contributed by atoms with Gasteiger partial charge in [0.2, 0.25) is 0 Å². The van der Waals surface area contributed by atoms with E-state index in [-0.39, 0.29) is 11.9 Å². The third-order valence-electron chi connectivity index (χ3n) is 3.76. The summed E-state index contributed by atoms with van der Waals surface area (Å²) in [4.78, 5) is 0. The molecule has 21 heavy (non-hydrogen) atoms. The number of hydrogen-bond acceptors (Lipinski definition) is 2. The molecule has 114 valence electrons. The quantitative estimate of drug-likeness (QED) is 0.876. The van der Waals surface area contributed by atoms with E-state index in [2.05, 4.69) is 30.3 Å². The van der Waals surface area contributed by atoms with E-state index < -0.39 is 0 Å². The van der Waals surface area contributed by atoms with E-state index in [4.69, 9.17) is 0 Å². The summed E-state index contributed by atoms with van der Waals surface area (Å²) in [6.45, 7) is 8.99. The molecule has 1 aromatic carbocycles. The zero-order chi connectivity index (χ0) is 15.4. The lowest BCUT2D eigenvalue weighted by Gasteiger charge is -2.19. The first-order valence-corrected chi connectivity index (χ1v) is 7.72. The largest absolute Gasteiger partial charge is 0.310 e. The zero-order valence-electron chi connectivity index (χ0n) is 13.3. The minimum Gasteiger partial charge on any atom is -0.310 e. The number of aryl methyl sites for hydroxylation is 2. The lowest BCUT2D eigenvalue weighted by molar-refractivity contribution is 0.535. The van der Waals surface area contributed by atoms with Gasteiger partial charge in [-0.2, -0.15) is 5.10 Å². The summed E-state index contributed by atoms with van der Waals surface area (Å²) in [5, 5.41) is 7.93. The van der Waals surface area contributed by atoms with Crippen LogP contribution in [-0.2, 0) is 12.8 Å². The molecule has 2 rings (SSSR count). The van der Waals surface area contributed by atoms with Crippen molar-refractivity contribution in [2.75, 3.05) is 6.54 Å². The number of nitrogens with zero attached hydrogens (tertiary/aromatic N) is 2. The van der Waals surface area contributed by atoms with Crippen molar-refractivity contribution in [2.24, 2.45) is 0 Å². The fraction of sp³-hybridized carbons (Fsp3) is 0.471. The molecule has 0 saturated heterocycles. The average Bonchev–Trinajstić information content (AvgIpc) is 2.90. The van der Waals surface area contributed by atoms with Gasteiger partial charge in [0, 0.05) is 17.3 Å². The summed E-state index contributed by atoms with van der Waals surface area (Å²) in [5.74, 6) is -0.184. The van der Waals surface area contributed by atoms with Gasteiger partial charge in [0.05, 0.1) is 11.4 Å². The smallest absolute Gasteiger partial charge is 0.130 e. The van der Waals surface area contributed by atoms with Gasteiger partial charge in [-0.05, 0) is 44.5 Å². The number of halogens is 1. The highest BCUT2D eigenvalue weighted by Crippen LogP contribution is 2.26. The Morgan fingerprint density at radius 3 is 2.62 bits per heavy atom. The van der Waals surface area contributed by atoms with Gasteiger partial charge in [-0.15, -0.1) is 0 Å². The van der Waals surface area contributed by atoms with E-state index in [0.717, 1.165) is 36.5 Å². The van der Waals surface area contributed by atoms with Crippen LogP contribution in [0.2, 0.25) is 0 Å². The number of nitrogens with one attached hydrogen (secondary N) is 1. The van der Waals surface area contributed by atoms with Gasteiger partial charge in [0.15, 0.2) is 0 Å². The third-order valence-corrected chi connectivity index (χ3v) is 3.76. The Morgan fingerprint density at radius 2 is 2.00 bits per heavy atom. The molecule has 1 N–H and O–H groups in total. The molecule has 0 radical (unpaired) electrons. The molecule has 3 nitrogen and oxygen atoms in total. The zero-order valence-corrected chi connectivity index (χ0v) is 13.3. The van der Waals surface area contributed by atoms with Crippen LogP contribution in [0.3, 0.4) is 0 Å². The van der Waals surface area contributed by atoms with Crippen LogP contribution in [0, 0.1) is 5.82 Å². The Balaban J connectivity index is 2.58. The van der Waals surface area contributed by atoms with E-state index in [0.29, 0.717) is 5.56 Å². The highest BCUT2D eigenvalue weighted by atomic mass is 19.1. The minimum atomic E-state index is -0.184. The molecular formula is C17H24FN3. The van der Waals surface area contributed by atoms with Crippen molar-refractivity contribution in [3.05, 3.63) is 47.0 Å². The van der Waals surface area contributed by atoms with Crippen molar-refractivity contribution in [1.82, 2.24) is 15.1 Å². The predicted octanol–water partition coefficient (Wildman–Crippen LogP) is 3.81. The molecule has 1 heterocycles. The lowest BCUT2D eigenvalue weighted by atomic mass is 10.0. The molecule has 1 atom stereocenters. The van der Waals surface area contributed by atoms with Gasteiger partial charge in [0.25, 0.3) is 0 Å². The van der Waals surface area contributed by atoms with Crippen molar-refractivity contribution >= 4 is 0 Å². The van der Waals surface area contributed by atoms with E-state index in [1.807, 2.05) is 24.6 Å². The Labute approximate surface area is 126 Å². The van der Waals surface area contributed by atoms with Crippen LogP contribution in [-0.4, -0.2) is 16.3 Å². The van der Waals surface area contributed by atoms with Gasteiger partial charge in [-0.3, -0.25) is 0 Å². The summed E-state index contributed by atoms with van der Waals surface area (Å²) in [6.07, 6.45) is 1.76. The Morgan fingerprint density at radius 1 is 1.24 bits per heavy atom. The Hall–Kier alpha value is -1.68. The van der Waals surface area contributed by atoms with Gasteiger partial charge in [-0.25, -0.2) is 9.07 Å². The molecule has 0 fully saturated rings. The molecular weight excluding hydrogens is 265 g/mol. The topological polar surface area (TPSA) is 29.9 Å². The van der Waals surface area contributed by atoms with Gasteiger partial charge in [-0.1, -0.05) is 26.8 Å². The summed E-state index contributed by atoms with van der Waals surface area (Å²) in [7, 11) is 0. The second kappa shape index (κ2) is 6.85. The summed E-state index contributed by atoms with van der Waals surface area (Å²) >= 11 is 0. The molecule has 0 saturated carbocycles. The number of benzene rings is 1. The second-order valence-electron chi connectivity index (χ2n) is 5.20. The maximum atomic E-state index is 14.4. The van der Waals surface area contributed by atoms with Crippen LogP contribution in [0.1, 0.15) is 50.7 Å². The third kappa shape index (κ3) is 3.16. The highest BCUT2D eigenvalue weighted by molar-refractivity contribution is 5.44.